The molecule has 2 N–H and O–H groups in total. The van der Waals surface area contributed by atoms with Gasteiger partial charge in [0.05, 0.1) is 6.10 Å². The van der Waals surface area contributed by atoms with Crippen LogP contribution >= 0.6 is 0 Å². The zero-order chi connectivity index (χ0) is 15.5. The monoisotopic (exact) mass is 297 g/mol. The van der Waals surface area contributed by atoms with Gasteiger partial charge in [0.2, 0.25) is 5.91 Å². The summed E-state index contributed by atoms with van der Waals surface area (Å²) in [6.45, 7) is 11.8. The molecule has 0 aromatic carbocycles. The van der Waals surface area contributed by atoms with Crippen molar-refractivity contribution in [3.8, 4) is 0 Å². The van der Waals surface area contributed by atoms with E-state index in [0.29, 0.717) is 19.0 Å². The second-order valence-electron chi connectivity index (χ2n) is 7.35. The van der Waals surface area contributed by atoms with Gasteiger partial charge in [-0.05, 0) is 31.7 Å². The highest BCUT2D eigenvalue weighted by atomic mass is 16.3. The minimum absolute atomic E-state index is 0.0618. The van der Waals surface area contributed by atoms with Crippen LogP contribution in [0.15, 0.2) is 0 Å². The Hall–Kier alpha value is -0.650. The summed E-state index contributed by atoms with van der Waals surface area (Å²) in [5.41, 5.74) is -0.0618. The van der Waals surface area contributed by atoms with Gasteiger partial charge in [-0.3, -0.25) is 4.79 Å². The van der Waals surface area contributed by atoms with E-state index in [1.807, 2.05) is 4.90 Å². The van der Waals surface area contributed by atoms with Crippen LogP contribution in [-0.2, 0) is 4.79 Å². The van der Waals surface area contributed by atoms with E-state index in [1.165, 1.54) is 0 Å². The standard InChI is InChI=1S/C16H31N3O2/c1-13-11-18(10-7-17-13)8-4-5-15(21)19-9-6-16(2,3)14(20)12-19/h13-14,17,20H,4-12H2,1-3H3. The molecule has 0 radical (unpaired) electrons. The molecule has 2 atom stereocenters. The summed E-state index contributed by atoms with van der Waals surface area (Å²) >= 11 is 0. The highest BCUT2D eigenvalue weighted by Gasteiger charge is 2.35. The van der Waals surface area contributed by atoms with E-state index in [9.17, 15) is 9.90 Å². The number of carbonyl (C=O) groups is 1. The van der Waals surface area contributed by atoms with Gasteiger partial charge in [0, 0.05) is 45.2 Å². The van der Waals surface area contributed by atoms with E-state index >= 15 is 0 Å². The number of amides is 1. The van der Waals surface area contributed by atoms with Crippen LogP contribution in [0.2, 0.25) is 0 Å². The van der Waals surface area contributed by atoms with Crippen LogP contribution in [0.4, 0.5) is 0 Å². The summed E-state index contributed by atoms with van der Waals surface area (Å²) in [6.07, 6.45) is 2.01. The highest BCUT2D eigenvalue weighted by Crippen LogP contribution is 2.30. The summed E-state index contributed by atoms with van der Waals surface area (Å²) in [4.78, 5) is 16.5. The molecule has 0 spiro atoms. The minimum Gasteiger partial charge on any atom is -0.391 e. The van der Waals surface area contributed by atoms with Gasteiger partial charge in [-0.25, -0.2) is 0 Å². The average Bonchev–Trinajstić information content (AvgIpc) is 2.42. The van der Waals surface area contributed by atoms with Crippen molar-refractivity contribution in [2.24, 2.45) is 5.41 Å². The maximum Gasteiger partial charge on any atom is 0.222 e. The molecule has 5 heteroatoms. The lowest BCUT2D eigenvalue weighted by atomic mass is 9.80. The largest absolute Gasteiger partial charge is 0.391 e. The normalized spacial score (nSPS) is 30.4. The molecule has 5 nitrogen and oxygen atoms in total. The first kappa shape index (κ1) is 16.7. The Morgan fingerprint density at radius 2 is 2.10 bits per heavy atom. The highest BCUT2D eigenvalue weighted by molar-refractivity contribution is 5.76. The first-order valence-electron chi connectivity index (χ1n) is 8.30. The third-order valence-corrected chi connectivity index (χ3v) is 4.99. The fourth-order valence-corrected chi connectivity index (χ4v) is 3.19. The van der Waals surface area contributed by atoms with Gasteiger partial charge in [0.25, 0.3) is 0 Å². The van der Waals surface area contributed by atoms with Gasteiger partial charge in [-0.2, -0.15) is 0 Å². The number of piperidine rings is 1. The van der Waals surface area contributed by atoms with Crippen molar-refractivity contribution >= 4 is 5.91 Å². The molecule has 2 aliphatic rings. The van der Waals surface area contributed by atoms with Crippen LogP contribution in [-0.4, -0.2) is 72.2 Å². The Kier molecular flexibility index (Phi) is 5.63. The van der Waals surface area contributed by atoms with E-state index in [0.717, 1.165) is 45.6 Å². The number of nitrogens with one attached hydrogen (secondary N) is 1. The number of nitrogens with zero attached hydrogens (tertiary/aromatic N) is 2. The first-order valence-corrected chi connectivity index (χ1v) is 8.30. The Labute approximate surface area is 128 Å². The summed E-state index contributed by atoms with van der Waals surface area (Å²) < 4.78 is 0. The van der Waals surface area contributed by atoms with Crippen LogP contribution in [0.25, 0.3) is 0 Å². The van der Waals surface area contributed by atoms with E-state index in [1.54, 1.807) is 0 Å². The molecule has 2 saturated heterocycles. The van der Waals surface area contributed by atoms with E-state index in [-0.39, 0.29) is 11.3 Å². The number of rotatable bonds is 4. The zero-order valence-electron chi connectivity index (χ0n) is 13.8. The molecule has 122 valence electrons. The fourth-order valence-electron chi connectivity index (χ4n) is 3.19. The van der Waals surface area contributed by atoms with Crippen molar-refractivity contribution in [1.82, 2.24) is 15.1 Å². The van der Waals surface area contributed by atoms with Gasteiger partial charge >= 0.3 is 0 Å². The molecular formula is C16H31N3O2. The summed E-state index contributed by atoms with van der Waals surface area (Å²) in [6, 6.07) is 0.550. The third kappa shape index (κ3) is 4.66. The van der Waals surface area contributed by atoms with Gasteiger partial charge in [-0.15, -0.1) is 0 Å². The SMILES string of the molecule is CC1CN(CCCC(=O)N2CCC(C)(C)C(O)C2)CCN1. The van der Waals surface area contributed by atoms with Crippen LogP contribution in [0, 0.1) is 5.41 Å². The number of piperazine rings is 1. The minimum atomic E-state index is -0.399. The van der Waals surface area contributed by atoms with Crippen molar-refractivity contribution in [2.75, 3.05) is 39.3 Å². The quantitative estimate of drug-likeness (QED) is 0.801. The van der Waals surface area contributed by atoms with Gasteiger partial charge in [0.15, 0.2) is 0 Å². The number of β-amino-alcohol motifs (C(OH)–C–C–N with tert-alkyl or cyclic N) is 1. The molecule has 0 aromatic heterocycles. The van der Waals surface area contributed by atoms with Crippen LogP contribution in [0.5, 0.6) is 0 Å². The Morgan fingerprint density at radius 3 is 2.76 bits per heavy atom. The predicted octanol–water partition coefficient (Wildman–Crippen LogP) is 0.680. The van der Waals surface area contributed by atoms with Gasteiger partial charge < -0.3 is 20.2 Å². The van der Waals surface area contributed by atoms with Crippen molar-refractivity contribution < 1.29 is 9.90 Å². The van der Waals surface area contributed by atoms with E-state index in [4.69, 9.17) is 0 Å². The molecule has 2 unspecified atom stereocenters. The lowest BCUT2D eigenvalue weighted by Crippen LogP contribution is -2.51. The molecule has 2 aliphatic heterocycles. The summed E-state index contributed by atoms with van der Waals surface area (Å²) in [5, 5.41) is 13.5. The zero-order valence-corrected chi connectivity index (χ0v) is 13.8. The molecule has 21 heavy (non-hydrogen) atoms. The van der Waals surface area contributed by atoms with Crippen LogP contribution < -0.4 is 5.32 Å². The van der Waals surface area contributed by atoms with Crippen LogP contribution in [0.1, 0.15) is 40.0 Å². The smallest absolute Gasteiger partial charge is 0.222 e. The molecule has 0 aliphatic carbocycles. The number of likely N-dealkylation sites (tertiary alicyclic amines) is 1. The van der Waals surface area contributed by atoms with Gasteiger partial charge in [0.1, 0.15) is 0 Å². The van der Waals surface area contributed by atoms with E-state index < -0.39 is 6.10 Å². The fraction of sp³-hybridized carbons (Fsp3) is 0.938. The number of aliphatic hydroxyl groups is 1. The Balaban J connectivity index is 1.68. The molecule has 2 rings (SSSR count). The number of hydrogen-bond acceptors (Lipinski definition) is 4. The number of aliphatic hydroxyl groups excluding tert-OH is 1. The summed E-state index contributed by atoms with van der Waals surface area (Å²) in [7, 11) is 0. The molecule has 0 aromatic rings. The van der Waals surface area contributed by atoms with Crippen molar-refractivity contribution in [3.05, 3.63) is 0 Å². The Morgan fingerprint density at radius 1 is 1.33 bits per heavy atom. The maximum absolute atomic E-state index is 12.2. The number of hydrogen-bond donors (Lipinski definition) is 2. The molecular weight excluding hydrogens is 266 g/mol. The Bertz CT molecular complexity index is 359. The van der Waals surface area contributed by atoms with Crippen molar-refractivity contribution in [3.63, 3.8) is 0 Å². The predicted molar refractivity (Wildman–Crippen MR) is 84.1 cm³/mol. The molecule has 2 heterocycles. The molecule has 1 amide bonds. The lowest BCUT2D eigenvalue weighted by molar-refractivity contribution is -0.138. The van der Waals surface area contributed by atoms with Crippen molar-refractivity contribution in [2.45, 2.75) is 52.2 Å². The maximum atomic E-state index is 12.2. The lowest BCUT2D eigenvalue weighted by Gasteiger charge is -2.41. The third-order valence-electron chi connectivity index (χ3n) is 4.99. The second-order valence-corrected chi connectivity index (χ2v) is 7.35. The van der Waals surface area contributed by atoms with E-state index in [2.05, 4.69) is 31.0 Å². The second kappa shape index (κ2) is 7.07. The average molecular weight is 297 g/mol. The van der Waals surface area contributed by atoms with Crippen molar-refractivity contribution in [1.29, 1.82) is 0 Å². The van der Waals surface area contributed by atoms with Gasteiger partial charge in [-0.1, -0.05) is 13.8 Å². The molecule has 2 fully saturated rings. The topological polar surface area (TPSA) is 55.8 Å². The number of carbonyl (C=O) groups excluding carboxylic acids is 1. The molecule has 0 bridgehead atoms. The summed E-state index contributed by atoms with van der Waals surface area (Å²) in [5.74, 6) is 0.202. The first-order chi connectivity index (χ1) is 9.88. The van der Waals surface area contributed by atoms with Crippen LogP contribution in [0.3, 0.4) is 0 Å². The molecule has 0 saturated carbocycles.